The third-order valence-electron chi connectivity index (χ3n) is 3.22. The molecule has 1 aromatic carbocycles. The predicted octanol–water partition coefficient (Wildman–Crippen LogP) is 3.43. The highest BCUT2D eigenvalue weighted by molar-refractivity contribution is 5.58. The molecule has 0 heterocycles. The maximum atomic E-state index is 10.9. The Morgan fingerprint density at radius 2 is 1.81 bits per heavy atom. The molecule has 0 fully saturated rings. The molecule has 0 radical (unpaired) electrons. The first kappa shape index (κ1) is 17.5. The summed E-state index contributed by atoms with van der Waals surface area (Å²) < 4.78 is 15.7. The summed E-state index contributed by atoms with van der Waals surface area (Å²) in [5, 5.41) is 8.94. The Hall–Kier alpha value is -1.59. The van der Waals surface area contributed by atoms with E-state index in [0.717, 1.165) is 5.56 Å². The highest BCUT2D eigenvalue weighted by Gasteiger charge is 2.30. The average Bonchev–Trinajstić information content (AvgIpc) is 2.46. The Balaban J connectivity index is 2.46. The second-order valence-corrected chi connectivity index (χ2v) is 4.88. The van der Waals surface area contributed by atoms with Gasteiger partial charge in [-0.1, -0.05) is 30.3 Å². The molecule has 0 spiro atoms. The minimum Gasteiger partial charge on any atom is -0.450 e. The lowest BCUT2D eigenvalue weighted by molar-refractivity contribution is -0.0235. The van der Waals surface area contributed by atoms with Gasteiger partial charge in [-0.05, 0) is 32.3 Å². The van der Waals surface area contributed by atoms with Crippen LogP contribution in [-0.2, 0) is 19.8 Å². The van der Waals surface area contributed by atoms with E-state index in [9.17, 15) is 4.79 Å². The van der Waals surface area contributed by atoms with Crippen LogP contribution in [0.4, 0.5) is 4.79 Å². The molecule has 5 heteroatoms. The first-order valence-corrected chi connectivity index (χ1v) is 7.21. The molecular weight excluding hydrogens is 272 g/mol. The zero-order valence-electron chi connectivity index (χ0n) is 12.7. The van der Waals surface area contributed by atoms with Crippen molar-refractivity contribution in [1.29, 1.82) is 0 Å². The molecule has 0 aliphatic carbocycles. The molecule has 0 aliphatic heterocycles. The van der Waals surface area contributed by atoms with E-state index in [4.69, 9.17) is 19.3 Å². The minimum absolute atomic E-state index is 0.551. The lowest BCUT2D eigenvalue weighted by Crippen LogP contribution is -2.29. The maximum Gasteiger partial charge on any atom is 0.506 e. The Labute approximate surface area is 125 Å². The summed E-state index contributed by atoms with van der Waals surface area (Å²) in [6, 6.07) is 9.38. The third-order valence-corrected chi connectivity index (χ3v) is 3.22. The highest BCUT2D eigenvalue weighted by atomic mass is 16.7. The van der Waals surface area contributed by atoms with Gasteiger partial charge in [-0.2, -0.15) is 0 Å². The van der Waals surface area contributed by atoms with Crippen LogP contribution in [0.15, 0.2) is 30.3 Å². The zero-order chi connectivity index (χ0) is 15.6. The van der Waals surface area contributed by atoms with Gasteiger partial charge in [-0.15, -0.1) is 0 Å². The number of carbonyl (C=O) groups is 1. The van der Waals surface area contributed by atoms with Gasteiger partial charge in [0.15, 0.2) is 0 Å². The van der Waals surface area contributed by atoms with Gasteiger partial charge in [0.2, 0.25) is 0 Å². The molecule has 0 aromatic heterocycles. The molecule has 1 unspecified atom stereocenters. The molecular formula is C16H24O5. The summed E-state index contributed by atoms with van der Waals surface area (Å²) in [5.41, 5.74) is -0.00201. The lowest BCUT2D eigenvalue weighted by atomic mass is 9.91. The van der Waals surface area contributed by atoms with Gasteiger partial charge in [-0.25, -0.2) is 4.79 Å². The highest BCUT2D eigenvalue weighted by Crippen LogP contribution is 2.30. The minimum atomic E-state index is -1.27. The summed E-state index contributed by atoms with van der Waals surface area (Å²) in [4.78, 5) is 10.9. The van der Waals surface area contributed by atoms with E-state index in [1.165, 1.54) is 0 Å². The molecule has 118 valence electrons. The van der Waals surface area contributed by atoms with Gasteiger partial charge in [0.25, 0.3) is 0 Å². The fraction of sp³-hybridized carbons (Fsp3) is 0.562. The van der Waals surface area contributed by atoms with Crippen LogP contribution < -0.4 is 0 Å². The molecule has 21 heavy (non-hydrogen) atoms. The molecule has 1 N–H and O–H groups in total. The van der Waals surface area contributed by atoms with Crippen molar-refractivity contribution in [3.05, 3.63) is 35.9 Å². The average molecular weight is 296 g/mol. The molecule has 0 amide bonds. The first-order chi connectivity index (χ1) is 10.1. The second-order valence-electron chi connectivity index (χ2n) is 4.88. The Bertz CT molecular complexity index is 406. The summed E-state index contributed by atoms with van der Waals surface area (Å²) >= 11 is 0. The van der Waals surface area contributed by atoms with Gasteiger partial charge in [0.1, 0.15) is 5.60 Å². The zero-order valence-corrected chi connectivity index (χ0v) is 12.7. The van der Waals surface area contributed by atoms with Gasteiger partial charge >= 0.3 is 6.16 Å². The van der Waals surface area contributed by atoms with Crippen molar-refractivity contribution in [2.45, 2.75) is 32.3 Å². The fourth-order valence-electron chi connectivity index (χ4n) is 2.11. The summed E-state index contributed by atoms with van der Waals surface area (Å²) in [6.07, 6.45) is 0.0153. The lowest BCUT2D eigenvalue weighted by Gasteiger charge is -2.28. The molecule has 0 saturated heterocycles. The van der Waals surface area contributed by atoms with Crippen LogP contribution in [0.25, 0.3) is 0 Å². The van der Waals surface area contributed by atoms with Crippen LogP contribution >= 0.6 is 0 Å². The van der Waals surface area contributed by atoms with Crippen molar-refractivity contribution in [3.63, 3.8) is 0 Å². The van der Waals surface area contributed by atoms with Crippen LogP contribution in [-0.4, -0.2) is 37.7 Å². The molecule has 5 nitrogen and oxygen atoms in total. The van der Waals surface area contributed by atoms with Crippen molar-refractivity contribution in [3.8, 4) is 0 Å². The Morgan fingerprint density at radius 1 is 1.14 bits per heavy atom. The van der Waals surface area contributed by atoms with E-state index < -0.39 is 11.8 Å². The molecule has 0 aliphatic rings. The Kier molecular flexibility index (Phi) is 7.79. The van der Waals surface area contributed by atoms with Crippen LogP contribution in [0, 0.1) is 0 Å². The standard InChI is InChI=1S/C16H24O5/c1-3-19-12-13-20-11-7-10-16(2,21-15(17)18)14-8-5-4-6-9-14/h4-6,8-9H,3,7,10-13H2,1-2H3,(H,17,18). The quantitative estimate of drug-likeness (QED) is 0.529. The van der Waals surface area contributed by atoms with Crippen molar-refractivity contribution in [1.82, 2.24) is 0 Å². The van der Waals surface area contributed by atoms with Gasteiger partial charge in [-0.3, -0.25) is 0 Å². The van der Waals surface area contributed by atoms with Crippen LogP contribution in [0.5, 0.6) is 0 Å². The van der Waals surface area contributed by atoms with Crippen LogP contribution in [0.1, 0.15) is 32.3 Å². The number of benzene rings is 1. The third kappa shape index (κ3) is 6.60. The topological polar surface area (TPSA) is 65.0 Å². The number of hydrogen-bond donors (Lipinski definition) is 1. The van der Waals surface area contributed by atoms with Crippen LogP contribution in [0.3, 0.4) is 0 Å². The predicted molar refractivity (Wildman–Crippen MR) is 79.4 cm³/mol. The van der Waals surface area contributed by atoms with Crippen LogP contribution in [0.2, 0.25) is 0 Å². The molecule has 1 aromatic rings. The monoisotopic (exact) mass is 296 g/mol. The smallest absolute Gasteiger partial charge is 0.450 e. The summed E-state index contributed by atoms with van der Waals surface area (Å²) in [7, 11) is 0. The maximum absolute atomic E-state index is 10.9. The molecule has 0 bridgehead atoms. The number of ether oxygens (including phenoxy) is 3. The summed E-state index contributed by atoms with van der Waals surface area (Å²) in [6.45, 7) is 6.10. The van der Waals surface area contributed by atoms with Crippen molar-refractivity contribution >= 4 is 6.16 Å². The number of rotatable bonds is 10. The number of carboxylic acid groups (broad SMARTS) is 1. The fourth-order valence-corrected chi connectivity index (χ4v) is 2.11. The van der Waals surface area contributed by atoms with E-state index in [1.54, 1.807) is 6.92 Å². The SMILES string of the molecule is CCOCCOCCCC(C)(OC(=O)O)c1ccccc1. The van der Waals surface area contributed by atoms with E-state index in [-0.39, 0.29) is 0 Å². The first-order valence-electron chi connectivity index (χ1n) is 7.21. The molecule has 1 rings (SSSR count). The Morgan fingerprint density at radius 3 is 2.43 bits per heavy atom. The largest absolute Gasteiger partial charge is 0.506 e. The van der Waals surface area contributed by atoms with Gasteiger partial charge < -0.3 is 19.3 Å². The van der Waals surface area contributed by atoms with Gasteiger partial charge in [0, 0.05) is 13.2 Å². The van der Waals surface area contributed by atoms with E-state index in [0.29, 0.717) is 39.3 Å². The number of hydrogen-bond acceptors (Lipinski definition) is 4. The van der Waals surface area contributed by atoms with E-state index in [2.05, 4.69) is 0 Å². The second kappa shape index (κ2) is 9.37. The van der Waals surface area contributed by atoms with E-state index >= 15 is 0 Å². The van der Waals surface area contributed by atoms with Gasteiger partial charge in [0.05, 0.1) is 13.2 Å². The van der Waals surface area contributed by atoms with Crippen molar-refractivity contribution < 1.29 is 24.1 Å². The van der Waals surface area contributed by atoms with E-state index in [1.807, 2.05) is 37.3 Å². The van der Waals surface area contributed by atoms with Crippen molar-refractivity contribution in [2.24, 2.45) is 0 Å². The molecule has 0 saturated carbocycles. The molecule has 1 atom stereocenters. The normalized spacial score (nSPS) is 13.6. The van der Waals surface area contributed by atoms with Crippen molar-refractivity contribution in [2.75, 3.05) is 26.4 Å². The summed E-state index contributed by atoms with van der Waals surface area (Å²) in [5.74, 6) is 0.